The van der Waals surface area contributed by atoms with Crippen molar-refractivity contribution in [1.29, 1.82) is 0 Å². The van der Waals surface area contributed by atoms with E-state index in [0.29, 0.717) is 26.2 Å². The first-order valence-corrected chi connectivity index (χ1v) is 10.1. The molecule has 146 valence electrons. The molecule has 1 aromatic carbocycles. The van der Waals surface area contributed by atoms with Crippen LogP contribution in [0.1, 0.15) is 28.6 Å². The van der Waals surface area contributed by atoms with Crippen LogP contribution in [0.4, 0.5) is 0 Å². The number of hydrogen-bond acceptors (Lipinski definition) is 4. The van der Waals surface area contributed by atoms with Crippen LogP contribution in [0, 0.1) is 6.92 Å². The highest BCUT2D eigenvalue weighted by Gasteiger charge is 2.04. The SMILES string of the molecule is CCNC(=NCCCNC(=O)c1cccs1)NCCOc1ccc(C)cc1. The number of nitrogens with zero attached hydrogens (tertiary/aromatic N) is 1. The molecule has 0 fully saturated rings. The van der Waals surface area contributed by atoms with E-state index in [-0.39, 0.29) is 5.91 Å². The molecule has 0 aliphatic carbocycles. The van der Waals surface area contributed by atoms with Crippen LogP contribution in [0.25, 0.3) is 0 Å². The van der Waals surface area contributed by atoms with Crippen LogP contribution in [-0.2, 0) is 0 Å². The number of aliphatic imine (C=N–C) groups is 1. The molecule has 2 rings (SSSR count). The predicted octanol–water partition coefficient (Wildman–Crippen LogP) is 2.81. The smallest absolute Gasteiger partial charge is 0.261 e. The van der Waals surface area contributed by atoms with E-state index in [1.165, 1.54) is 16.9 Å². The monoisotopic (exact) mass is 388 g/mol. The minimum atomic E-state index is -0.0211. The molecule has 6 nitrogen and oxygen atoms in total. The Morgan fingerprint density at radius 3 is 2.63 bits per heavy atom. The third-order valence-corrected chi connectivity index (χ3v) is 4.53. The van der Waals surface area contributed by atoms with E-state index in [1.54, 1.807) is 0 Å². The fourth-order valence-corrected chi connectivity index (χ4v) is 2.92. The lowest BCUT2D eigenvalue weighted by atomic mass is 10.2. The average Bonchev–Trinajstić information content (AvgIpc) is 3.21. The van der Waals surface area contributed by atoms with Crippen LogP contribution < -0.4 is 20.7 Å². The summed E-state index contributed by atoms with van der Waals surface area (Å²) >= 11 is 1.45. The van der Waals surface area contributed by atoms with E-state index < -0.39 is 0 Å². The molecule has 0 unspecified atom stereocenters. The summed E-state index contributed by atoms with van der Waals surface area (Å²) in [5, 5.41) is 11.3. The number of nitrogens with one attached hydrogen (secondary N) is 3. The molecule has 0 saturated carbocycles. The highest BCUT2D eigenvalue weighted by Crippen LogP contribution is 2.10. The van der Waals surface area contributed by atoms with Gasteiger partial charge in [-0.2, -0.15) is 0 Å². The van der Waals surface area contributed by atoms with Crippen molar-refractivity contribution < 1.29 is 9.53 Å². The second kappa shape index (κ2) is 12.0. The van der Waals surface area contributed by atoms with Crippen molar-refractivity contribution in [3.8, 4) is 5.75 Å². The Morgan fingerprint density at radius 1 is 1.11 bits per heavy atom. The molecule has 1 aromatic heterocycles. The number of carbonyl (C=O) groups excluding carboxylic acids is 1. The second-order valence-electron chi connectivity index (χ2n) is 5.94. The minimum absolute atomic E-state index is 0.0211. The van der Waals surface area contributed by atoms with Crippen molar-refractivity contribution in [2.75, 3.05) is 32.8 Å². The second-order valence-corrected chi connectivity index (χ2v) is 6.88. The first-order valence-electron chi connectivity index (χ1n) is 9.22. The predicted molar refractivity (Wildman–Crippen MR) is 112 cm³/mol. The zero-order valence-electron chi connectivity index (χ0n) is 16.0. The molecule has 1 amide bonds. The Bertz CT molecular complexity index is 699. The van der Waals surface area contributed by atoms with Gasteiger partial charge in [-0.05, 0) is 43.8 Å². The molecule has 0 aliphatic heterocycles. The number of benzene rings is 1. The van der Waals surface area contributed by atoms with E-state index in [0.717, 1.165) is 29.6 Å². The largest absolute Gasteiger partial charge is 0.492 e. The Morgan fingerprint density at radius 2 is 1.93 bits per heavy atom. The van der Waals surface area contributed by atoms with E-state index >= 15 is 0 Å². The lowest BCUT2D eigenvalue weighted by Gasteiger charge is -2.12. The quantitative estimate of drug-likeness (QED) is 0.332. The van der Waals surface area contributed by atoms with Gasteiger partial charge in [-0.25, -0.2) is 0 Å². The summed E-state index contributed by atoms with van der Waals surface area (Å²) in [6.45, 7) is 7.34. The molecular formula is C20H28N4O2S. The van der Waals surface area contributed by atoms with Gasteiger partial charge in [-0.15, -0.1) is 11.3 Å². The maximum Gasteiger partial charge on any atom is 0.261 e. The zero-order chi connectivity index (χ0) is 19.3. The molecule has 0 atom stereocenters. The molecule has 0 bridgehead atoms. The van der Waals surface area contributed by atoms with Crippen molar-refractivity contribution in [3.05, 3.63) is 52.2 Å². The number of hydrogen-bond donors (Lipinski definition) is 3. The fraction of sp³-hybridized carbons (Fsp3) is 0.400. The first kappa shape index (κ1) is 20.8. The Balaban J connectivity index is 1.62. The molecule has 0 saturated heterocycles. The number of guanidine groups is 1. The molecule has 27 heavy (non-hydrogen) atoms. The summed E-state index contributed by atoms with van der Waals surface area (Å²) in [7, 11) is 0. The minimum Gasteiger partial charge on any atom is -0.492 e. The number of rotatable bonds is 10. The van der Waals surface area contributed by atoms with Gasteiger partial charge in [-0.3, -0.25) is 9.79 Å². The highest BCUT2D eigenvalue weighted by atomic mass is 32.1. The van der Waals surface area contributed by atoms with Gasteiger partial charge in [-0.1, -0.05) is 23.8 Å². The van der Waals surface area contributed by atoms with Gasteiger partial charge in [0, 0.05) is 19.6 Å². The topological polar surface area (TPSA) is 74.8 Å². The van der Waals surface area contributed by atoms with E-state index in [4.69, 9.17) is 4.74 Å². The summed E-state index contributed by atoms with van der Waals surface area (Å²) in [6.07, 6.45) is 0.785. The van der Waals surface area contributed by atoms with Gasteiger partial charge in [0.05, 0.1) is 11.4 Å². The lowest BCUT2D eigenvalue weighted by Crippen LogP contribution is -2.39. The number of amides is 1. The normalized spacial score (nSPS) is 11.1. The standard InChI is InChI=1S/C20H28N4O2S/c1-3-21-20(24-13-14-26-17-9-7-16(2)8-10-17)23-12-5-11-22-19(25)18-6-4-15-27-18/h4,6-10,15H,3,5,11-14H2,1-2H3,(H,22,25)(H2,21,23,24). The van der Waals surface area contributed by atoms with Crippen LogP contribution in [-0.4, -0.2) is 44.7 Å². The molecular weight excluding hydrogens is 360 g/mol. The molecule has 0 aliphatic rings. The Hall–Kier alpha value is -2.54. The molecule has 2 aromatic rings. The molecule has 3 N–H and O–H groups in total. The molecule has 1 heterocycles. The summed E-state index contributed by atoms with van der Waals surface area (Å²) in [5.41, 5.74) is 1.22. The van der Waals surface area contributed by atoms with Crippen molar-refractivity contribution in [1.82, 2.24) is 16.0 Å². The van der Waals surface area contributed by atoms with E-state index in [1.807, 2.05) is 48.7 Å². The van der Waals surface area contributed by atoms with Gasteiger partial charge in [0.1, 0.15) is 12.4 Å². The maximum atomic E-state index is 11.8. The van der Waals surface area contributed by atoms with Gasteiger partial charge in [0.15, 0.2) is 5.96 Å². The number of ether oxygens (including phenoxy) is 1. The third kappa shape index (κ3) is 8.13. The van der Waals surface area contributed by atoms with Crippen LogP contribution in [0.3, 0.4) is 0 Å². The maximum absolute atomic E-state index is 11.8. The van der Waals surface area contributed by atoms with Crippen LogP contribution in [0.5, 0.6) is 5.75 Å². The summed E-state index contributed by atoms with van der Waals surface area (Å²) in [6, 6.07) is 11.7. The van der Waals surface area contributed by atoms with E-state index in [9.17, 15) is 4.79 Å². The number of aryl methyl sites for hydroxylation is 1. The van der Waals surface area contributed by atoms with Gasteiger partial charge in [0.25, 0.3) is 5.91 Å². The summed E-state index contributed by atoms with van der Waals surface area (Å²) in [4.78, 5) is 17.1. The van der Waals surface area contributed by atoms with Gasteiger partial charge in [0.2, 0.25) is 0 Å². The van der Waals surface area contributed by atoms with Crippen LogP contribution in [0.2, 0.25) is 0 Å². The third-order valence-electron chi connectivity index (χ3n) is 3.66. The zero-order valence-corrected chi connectivity index (χ0v) is 16.8. The number of carbonyl (C=O) groups is 1. The summed E-state index contributed by atoms with van der Waals surface area (Å²) < 4.78 is 5.70. The van der Waals surface area contributed by atoms with Crippen LogP contribution in [0.15, 0.2) is 46.8 Å². The lowest BCUT2D eigenvalue weighted by molar-refractivity contribution is 0.0957. The van der Waals surface area contributed by atoms with Crippen molar-refractivity contribution in [3.63, 3.8) is 0 Å². The van der Waals surface area contributed by atoms with E-state index in [2.05, 4.69) is 27.9 Å². The molecule has 0 spiro atoms. The molecule has 0 radical (unpaired) electrons. The summed E-state index contributed by atoms with van der Waals surface area (Å²) in [5.74, 6) is 1.60. The number of thiophene rings is 1. The highest BCUT2D eigenvalue weighted by molar-refractivity contribution is 7.12. The van der Waals surface area contributed by atoms with Gasteiger partial charge < -0.3 is 20.7 Å². The van der Waals surface area contributed by atoms with Crippen LogP contribution >= 0.6 is 11.3 Å². The average molecular weight is 389 g/mol. The Kier molecular flexibility index (Phi) is 9.20. The Labute approximate surface area is 165 Å². The fourth-order valence-electron chi connectivity index (χ4n) is 2.28. The van der Waals surface area contributed by atoms with Crippen molar-refractivity contribution in [2.24, 2.45) is 4.99 Å². The van der Waals surface area contributed by atoms with Crippen molar-refractivity contribution >= 4 is 23.2 Å². The first-order chi connectivity index (χ1) is 13.2. The van der Waals surface area contributed by atoms with Crippen molar-refractivity contribution in [2.45, 2.75) is 20.3 Å². The molecule has 7 heteroatoms. The van der Waals surface area contributed by atoms with Gasteiger partial charge >= 0.3 is 0 Å².